The van der Waals surface area contributed by atoms with Crippen LogP contribution in [0.1, 0.15) is 27.2 Å². The van der Waals surface area contributed by atoms with Crippen LogP contribution in [0.5, 0.6) is 0 Å². The average Bonchev–Trinajstić information content (AvgIpc) is 2.80. The molecule has 0 fully saturated rings. The van der Waals surface area contributed by atoms with Crippen LogP contribution in [0.25, 0.3) is 0 Å². The molecule has 2 aromatic heterocycles. The number of nitrogens with zero attached hydrogens (tertiary/aromatic N) is 1. The van der Waals surface area contributed by atoms with Gasteiger partial charge in [-0.25, -0.2) is 4.79 Å². The fourth-order valence-electron chi connectivity index (χ4n) is 2.14. The molecule has 0 atom stereocenters. The molecule has 100 valence electrons. The SMILES string of the molecule is Cc1cc(C)n(CCc2ccsc2)c(=O)c1C(=O)O. The summed E-state index contributed by atoms with van der Waals surface area (Å²) in [4.78, 5) is 23.3. The van der Waals surface area contributed by atoms with Gasteiger partial charge in [0.1, 0.15) is 5.56 Å². The third-order valence-corrected chi connectivity index (χ3v) is 3.85. The predicted octanol–water partition coefficient (Wildman–Crippen LogP) is 2.47. The highest BCUT2D eigenvalue weighted by Gasteiger charge is 2.16. The van der Waals surface area contributed by atoms with Crippen molar-refractivity contribution >= 4 is 17.3 Å². The van der Waals surface area contributed by atoms with Gasteiger partial charge in [0, 0.05) is 12.2 Å². The molecule has 2 heterocycles. The predicted molar refractivity (Wildman–Crippen MR) is 75.2 cm³/mol. The van der Waals surface area contributed by atoms with Gasteiger partial charge in [0.15, 0.2) is 0 Å². The van der Waals surface area contributed by atoms with E-state index < -0.39 is 11.5 Å². The van der Waals surface area contributed by atoms with Gasteiger partial charge >= 0.3 is 5.97 Å². The Morgan fingerprint density at radius 1 is 1.42 bits per heavy atom. The second kappa shape index (κ2) is 5.40. The van der Waals surface area contributed by atoms with Crippen LogP contribution in [0.3, 0.4) is 0 Å². The number of rotatable bonds is 4. The minimum absolute atomic E-state index is 0.129. The van der Waals surface area contributed by atoms with Crippen molar-refractivity contribution in [3.8, 4) is 0 Å². The van der Waals surface area contributed by atoms with Crippen molar-refractivity contribution in [1.82, 2.24) is 4.57 Å². The van der Waals surface area contributed by atoms with E-state index in [9.17, 15) is 9.59 Å². The van der Waals surface area contributed by atoms with Crippen molar-refractivity contribution in [1.29, 1.82) is 0 Å². The minimum atomic E-state index is -1.16. The normalized spacial score (nSPS) is 10.6. The van der Waals surface area contributed by atoms with Crippen molar-refractivity contribution in [2.24, 2.45) is 0 Å². The van der Waals surface area contributed by atoms with Crippen LogP contribution in [0, 0.1) is 13.8 Å². The summed E-state index contributed by atoms with van der Waals surface area (Å²) < 4.78 is 1.54. The number of carboxylic acids is 1. The number of thiophene rings is 1. The molecule has 19 heavy (non-hydrogen) atoms. The molecule has 0 spiro atoms. The summed E-state index contributed by atoms with van der Waals surface area (Å²) in [5, 5.41) is 13.1. The van der Waals surface area contributed by atoms with Gasteiger partial charge in [-0.15, -0.1) is 0 Å². The Hall–Kier alpha value is -1.88. The largest absolute Gasteiger partial charge is 0.477 e. The molecule has 0 aliphatic carbocycles. The van der Waals surface area contributed by atoms with Crippen molar-refractivity contribution in [3.63, 3.8) is 0 Å². The summed E-state index contributed by atoms with van der Waals surface area (Å²) in [6, 6.07) is 3.76. The lowest BCUT2D eigenvalue weighted by atomic mass is 10.1. The van der Waals surface area contributed by atoms with Crippen LogP contribution in [-0.2, 0) is 13.0 Å². The summed E-state index contributed by atoms with van der Waals surface area (Å²) >= 11 is 1.61. The average molecular weight is 277 g/mol. The standard InChI is InChI=1S/C14H15NO3S/c1-9-7-10(2)15(13(16)12(9)14(17)18)5-3-11-4-6-19-8-11/h4,6-8H,3,5H2,1-2H3,(H,17,18). The lowest BCUT2D eigenvalue weighted by Crippen LogP contribution is -2.29. The van der Waals surface area contributed by atoms with Gasteiger partial charge in [-0.1, -0.05) is 0 Å². The molecule has 0 aliphatic rings. The molecule has 0 saturated carbocycles. The third-order valence-electron chi connectivity index (χ3n) is 3.12. The van der Waals surface area contributed by atoms with Crippen LogP contribution in [0.2, 0.25) is 0 Å². The third kappa shape index (κ3) is 2.76. The zero-order chi connectivity index (χ0) is 14.0. The highest BCUT2D eigenvalue weighted by Crippen LogP contribution is 2.10. The maximum atomic E-state index is 12.2. The van der Waals surface area contributed by atoms with Gasteiger partial charge in [0.05, 0.1) is 0 Å². The van der Waals surface area contributed by atoms with Gasteiger partial charge in [0.25, 0.3) is 5.56 Å². The number of carbonyl (C=O) groups is 1. The highest BCUT2D eigenvalue weighted by atomic mass is 32.1. The van der Waals surface area contributed by atoms with E-state index in [1.807, 2.05) is 23.8 Å². The molecule has 2 aromatic rings. The topological polar surface area (TPSA) is 59.3 Å². The lowest BCUT2D eigenvalue weighted by molar-refractivity contribution is 0.0693. The molecule has 0 amide bonds. The first-order valence-corrected chi connectivity index (χ1v) is 6.90. The fourth-order valence-corrected chi connectivity index (χ4v) is 2.84. The molecule has 1 N–H and O–H groups in total. The van der Waals surface area contributed by atoms with Gasteiger partial charge < -0.3 is 9.67 Å². The zero-order valence-corrected chi connectivity index (χ0v) is 11.7. The summed E-state index contributed by atoms with van der Waals surface area (Å²) in [6.45, 7) is 3.98. The van der Waals surface area contributed by atoms with Gasteiger partial charge in [-0.2, -0.15) is 11.3 Å². The molecule has 0 saturated heterocycles. The molecule has 5 heteroatoms. The highest BCUT2D eigenvalue weighted by molar-refractivity contribution is 7.07. The van der Waals surface area contributed by atoms with E-state index in [0.717, 1.165) is 17.7 Å². The first kappa shape index (κ1) is 13.5. The minimum Gasteiger partial charge on any atom is -0.477 e. The first-order valence-electron chi connectivity index (χ1n) is 5.96. The molecule has 0 bridgehead atoms. The Morgan fingerprint density at radius 3 is 2.74 bits per heavy atom. The number of hydrogen-bond acceptors (Lipinski definition) is 3. The smallest absolute Gasteiger partial charge is 0.341 e. The molecule has 0 aliphatic heterocycles. The molecule has 2 rings (SSSR count). The van der Waals surface area contributed by atoms with Crippen LogP contribution in [0.15, 0.2) is 27.7 Å². The molecular weight excluding hydrogens is 262 g/mol. The molecule has 0 aromatic carbocycles. The van der Waals surface area contributed by atoms with Crippen molar-refractivity contribution in [2.45, 2.75) is 26.8 Å². The number of aromatic nitrogens is 1. The Balaban J connectivity index is 2.37. The Kier molecular flexibility index (Phi) is 3.85. The van der Waals surface area contributed by atoms with E-state index in [4.69, 9.17) is 5.11 Å². The van der Waals surface area contributed by atoms with Crippen LogP contribution < -0.4 is 5.56 Å². The number of hydrogen-bond donors (Lipinski definition) is 1. The maximum absolute atomic E-state index is 12.2. The van der Waals surface area contributed by atoms with Gasteiger partial charge in [-0.3, -0.25) is 4.79 Å². The monoisotopic (exact) mass is 277 g/mol. The zero-order valence-electron chi connectivity index (χ0n) is 10.8. The van der Waals surface area contributed by atoms with Crippen LogP contribution in [0.4, 0.5) is 0 Å². The van der Waals surface area contributed by atoms with E-state index in [1.54, 1.807) is 24.3 Å². The quantitative estimate of drug-likeness (QED) is 0.934. The number of aryl methyl sites for hydroxylation is 3. The summed E-state index contributed by atoms with van der Waals surface area (Å²) in [5.41, 5.74) is 1.93. The van der Waals surface area contributed by atoms with Crippen LogP contribution >= 0.6 is 11.3 Å². The molecule has 0 unspecified atom stereocenters. The lowest BCUT2D eigenvalue weighted by Gasteiger charge is -2.12. The first-order chi connectivity index (χ1) is 9.00. The van der Waals surface area contributed by atoms with Crippen molar-refractivity contribution < 1.29 is 9.90 Å². The number of carboxylic acid groups (broad SMARTS) is 1. The van der Waals surface area contributed by atoms with E-state index in [-0.39, 0.29) is 5.56 Å². The van der Waals surface area contributed by atoms with Crippen molar-refractivity contribution in [2.75, 3.05) is 0 Å². The molecule has 0 radical (unpaired) electrons. The molecule has 4 nitrogen and oxygen atoms in total. The van der Waals surface area contributed by atoms with Gasteiger partial charge in [0.2, 0.25) is 0 Å². The Morgan fingerprint density at radius 2 is 2.16 bits per heavy atom. The summed E-state index contributed by atoms with van der Waals surface area (Å²) in [7, 11) is 0. The summed E-state index contributed by atoms with van der Waals surface area (Å²) in [6.07, 6.45) is 0.729. The fraction of sp³-hybridized carbons (Fsp3) is 0.286. The number of aromatic carboxylic acids is 1. The Bertz CT molecular complexity index is 656. The van der Waals surface area contributed by atoms with E-state index in [0.29, 0.717) is 12.1 Å². The summed E-state index contributed by atoms with van der Waals surface area (Å²) in [5.74, 6) is -1.16. The maximum Gasteiger partial charge on any atom is 0.341 e. The van der Waals surface area contributed by atoms with E-state index in [2.05, 4.69) is 0 Å². The van der Waals surface area contributed by atoms with E-state index in [1.165, 1.54) is 4.57 Å². The second-order valence-electron chi connectivity index (χ2n) is 4.49. The molecular formula is C14H15NO3S. The second-order valence-corrected chi connectivity index (χ2v) is 5.27. The van der Waals surface area contributed by atoms with Crippen molar-refractivity contribution in [3.05, 3.63) is 55.6 Å². The number of pyridine rings is 1. The van der Waals surface area contributed by atoms with Gasteiger partial charge in [-0.05, 0) is 54.3 Å². The Labute approximate surface area is 115 Å². The van der Waals surface area contributed by atoms with E-state index >= 15 is 0 Å². The van der Waals surface area contributed by atoms with Crippen LogP contribution in [-0.4, -0.2) is 15.6 Å².